The third-order valence-corrected chi connectivity index (χ3v) is 5.42. The van der Waals surface area contributed by atoms with Crippen LogP contribution in [0.25, 0.3) is 0 Å². The highest BCUT2D eigenvalue weighted by Crippen LogP contribution is 2.23. The summed E-state index contributed by atoms with van der Waals surface area (Å²) in [5, 5.41) is 3.23. The van der Waals surface area contributed by atoms with Crippen molar-refractivity contribution in [2.75, 3.05) is 26.5 Å². The fourth-order valence-corrected chi connectivity index (χ4v) is 4.04. The van der Waals surface area contributed by atoms with Crippen molar-refractivity contribution in [2.24, 2.45) is 0 Å². The molecular weight excluding hydrogens is 307 g/mol. The molecule has 0 saturated carbocycles. The minimum Gasteiger partial charge on any atom is -0.497 e. The molecule has 2 atom stereocenters. The summed E-state index contributed by atoms with van der Waals surface area (Å²) in [5.41, 5.74) is 0.546. The van der Waals surface area contributed by atoms with Crippen molar-refractivity contribution in [1.29, 1.82) is 0 Å². The molecule has 1 saturated heterocycles. The molecule has 1 aromatic carbocycles. The Morgan fingerprint density at radius 3 is 2.82 bits per heavy atom. The fraction of sp³-hybridized carbons (Fsp3) is 0.600. The highest BCUT2D eigenvalue weighted by Gasteiger charge is 2.31. The van der Waals surface area contributed by atoms with Crippen molar-refractivity contribution < 1.29 is 17.5 Å². The van der Waals surface area contributed by atoms with Crippen LogP contribution in [0.5, 0.6) is 5.75 Å². The molecule has 0 spiro atoms. The van der Waals surface area contributed by atoms with Crippen molar-refractivity contribution in [1.82, 2.24) is 9.62 Å². The fourth-order valence-electron chi connectivity index (χ4n) is 2.86. The molecule has 0 bridgehead atoms. The molecule has 2 rings (SSSR count). The van der Waals surface area contributed by atoms with Gasteiger partial charge in [0.25, 0.3) is 0 Å². The smallest absolute Gasteiger partial charge is 0.211 e. The van der Waals surface area contributed by atoms with E-state index in [2.05, 4.69) is 5.32 Å². The lowest BCUT2D eigenvalue weighted by Crippen LogP contribution is -2.41. The SMILES string of the molecule is COc1ccc([C@@H](C)NC[C@H]2CCCN2S(C)(=O)=O)c(F)c1. The van der Waals surface area contributed by atoms with Gasteiger partial charge < -0.3 is 10.1 Å². The van der Waals surface area contributed by atoms with Gasteiger partial charge in [0.1, 0.15) is 11.6 Å². The number of hydrogen-bond donors (Lipinski definition) is 1. The second kappa shape index (κ2) is 6.93. The molecule has 7 heteroatoms. The molecule has 1 heterocycles. The van der Waals surface area contributed by atoms with Crippen LogP contribution in [0, 0.1) is 5.82 Å². The zero-order valence-electron chi connectivity index (χ0n) is 13.2. The molecule has 1 fully saturated rings. The first kappa shape index (κ1) is 17.2. The van der Waals surface area contributed by atoms with Crippen LogP contribution in [0.15, 0.2) is 18.2 Å². The van der Waals surface area contributed by atoms with Gasteiger partial charge in [0.2, 0.25) is 10.0 Å². The Morgan fingerprint density at radius 1 is 1.50 bits per heavy atom. The molecule has 0 radical (unpaired) electrons. The summed E-state index contributed by atoms with van der Waals surface area (Å²) in [6.07, 6.45) is 2.93. The Bertz CT molecular complexity index is 621. The lowest BCUT2D eigenvalue weighted by Gasteiger charge is -2.24. The lowest BCUT2D eigenvalue weighted by atomic mass is 10.1. The van der Waals surface area contributed by atoms with E-state index in [9.17, 15) is 12.8 Å². The van der Waals surface area contributed by atoms with Gasteiger partial charge in [0.15, 0.2) is 0 Å². The summed E-state index contributed by atoms with van der Waals surface area (Å²) in [5.74, 6) is 0.151. The van der Waals surface area contributed by atoms with Gasteiger partial charge >= 0.3 is 0 Å². The Labute approximate surface area is 131 Å². The predicted molar refractivity (Wildman–Crippen MR) is 83.9 cm³/mol. The second-order valence-corrected chi connectivity index (χ2v) is 7.62. The first-order chi connectivity index (χ1) is 10.3. The average Bonchev–Trinajstić information content (AvgIpc) is 2.93. The van der Waals surface area contributed by atoms with Crippen LogP contribution in [-0.2, 0) is 10.0 Å². The van der Waals surface area contributed by atoms with Crippen LogP contribution in [0.2, 0.25) is 0 Å². The Hall–Kier alpha value is -1.18. The lowest BCUT2D eigenvalue weighted by molar-refractivity contribution is 0.360. The minimum atomic E-state index is -3.18. The molecule has 124 valence electrons. The molecular formula is C15H23FN2O3S. The van der Waals surface area contributed by atoms with Crippen molar-refractivity contribution in [3.63, 3.8) is 0 Å². The van der Waals surface area contributed by atoms with Crippen molar-refractivity contribution in [3.8, 4) is 5.75 Å². The highest BCUT2D eigenvalue weighted by molar-refractivity contribution is 7.88. The molecule has 5 nitrogen and oxygen atoms in total. The maximum Gasteiger partial charge on any atom is 0.211 e. The van der Waals surface area contributed by atoms with Crippen LogP contribution in [-0.4, -0.2) is 45.2 Å². The molecule has 1 aromatic rings. The van der Waals surface area contributed by atoms with E-state index in [0.717, 1.165) is 12.8 Å². The second-order valence-electron chi connectivity index (χ2n) is 5.69. The molecule has 0 unspecified atom stereocenters. The number of halogens is 1. The normalized spacial score (nSPS) is 21.0. The van der Waals surface area contributed by atoms with E-state index in [1.165, 1.54) is 23.7 Å². The summed E-state index contributed by atoms with van der Waals surface area (Å²) < 4.78 is 44.0. The van der Waals surface area contributed by atoms with Crippen molar-refractivity contribution >= 4 is 10.0 Å². The molecule has 1 aliphatic rings. The summed E-state index contributed by atoms with van der Waals surface area (Å²) in [6.45, 7) is 2.95. The van der Waals surface area contributed by atoms with Crippen LogP contribution in [0.3, 0.4) is 0 Å². The monoisotopic (exact) mass is 330 g/mol. The van der Waals surface area contributed by atoms with Gasteiger partial charge in [-0.3, -0.25) is 0 Å². The summed E-state index contributed by atoms with van der Waals surface area (Å²) in [6, 6.07) is 4.50. The van der Waals surface area contributed by atoms with E-state index in [0.29, 0.717) is 24.4 Å². The minimum absolute atomic E-state index is 0.0567. The summed E-state index contributed by atoms with van der Waals surface area (Å²) in [4.78, 5) is 0. The van der Waals surface area contributed by atoms with E-state index in [1.54, 1.807) is 12.1 Å². The molecule has 1 aliphatic heterocycles. The van der Waals surface area contributed by atoms with Crippen LogP contribution < -0.4 is 10.1 Å². The van der Waals surface area contributed by atoms with Gasteiger partial charge in [-0.25, -0.2) is 12.8 Å². The summed E-state index contributed by atoms with van der Waals surface area (Å²) in [7, 11) is -1.68. The number of methoxy groups -OCH3 is 1. The van der Waals surface area contributed by atoms with Crippen molar-refractivity contribution in [2.45, 2.75) is 31.8 Å². The molecule has 0 aromatic heterocycles. The van der Waals surface area contributed by atoms with Crippen LogP contribution >= 0.6 is 0 Å². The number of nitrogens with one attached hydrogen (secondary N) is 1. The van der Waals surface area contributed by atoms with Gasteiger partial charge in [-0.1, -0.05) is 6.07 Å². The van der Waals surface area contributed by atoms with E-state index >= 15 is 0 Å². The van der Waals surface area contributed by atoms with Gasteiger partial charge in [-0.05, 0) is 25.8 Å². The highest BCUT2D eigenvalue weighted by atomic mass is 32.2. The Kier molecular flexibility index (Phi) is 5.41. The number of nitrogens with zero attached hydrogens (tertiary/aromatic N) is 1. The zero-order chi connectivity index (χ0) is 16.3. The zero-order valence-corrected chi connectivity index (χ0v) is 14.0. The van der Waals surface area contributed by atoms with Crippen LogP contribution in [0.1, 0.15) is 31.4 Å². The number of hydrogen-bond acceptors (Lipinski definition) is 4. The van der Waals surface area contributed by atoms with Gasteiger partial charge in [0, 0.05) is 36.8 Å². The number of sulfonamides is 1. The first-order valence-corrected chi connectivity index (χ1v) is 9.21. The largest absolute Gasteiger partial charge is 0.497 e. The topological polar surface area (TPSA) is 58.6 Å². The third-order valence-electron chi connectivity index (χ3n) is 4.08. The van der Waals surface area contributed by atoms with E-state index in [-0.39, 0.29) is 17.9 Å². The summed E-state index contributed by atoms with van der Waals surface area (Å²) >= 11 is 0. The van der Waals surface area contributed by atoms with E-state index in [1.807, 2.05) is 6.92 Å². The molecule has 0 aliphatic carbocycles. The first-order valence-electron chi connectivity index (χ1n) is 7.36. The molecule has 22 heavy (non-hydrogen) atoms. The quantitative estimate of drug-likeness (QED) is 0.866. The maximum absolute atomic E-state index is 14.0. The van der Waals surface area contributed by atoms with Gasteiger partial charge in [-0.2, -0.15) is 4.31 Å². The Morgan fingerprint density at radius 2 is 2.23 bits per heavy atom. The van der Waals surface area contributed by atoms with Crippen molar-refractivity contribution in [3.05, 3.63) is 29.6 Å². The Balaban J connectivity index is 1.99. The maximum atomic E-state index is 14.0. The molecule has 0 amide bonds. The molecule has 1 N–H and O–H groups in total. The standard InChI is InChI=1S/C15H23FN2O3S/c1-11(14-7-6-13(21-2)9-15(14)16)17-10-12-5-4-8-18(12)22(3,19)20/h6-7,9,11-12,17H,4-5,8,10H2,1-3H3/t11-,12-/m1/s1. The van der Waals surface area contributed by atoms with Gasteiger partial charge in [0.05, 0.1) is 13.4 Å². The van der Waals surface area contributed by atoms with E-state index in [4.69, 9.17) is 4.74 Å². The predicted octanol–water partition coefficient (Wildman–Crippen LogP) is 1.91. The average molecular weight is 330 g/mol. The van der Waals surface area contributed by atoms with Gasteiger partial charge in [-0.15, -0.1) is 0 Å². The van der Waals surface area contributed by atoms with Crippen LogP contribution in [0.4, 0.5) is 4.39 Å². The number of benzene rings is 1. The third kappa shape index (κ3) is 3.97. The number of ether oxygens (including phenoxy) is 1. The van der Waals surface area contributed by atoms with E-state index < -0.39 is 10.0 Å². The number of rotatable bonds is 6.